The minimum Gasteiger partial charge on any atom is -0.497 e. The molecule has 1 aromatic carbocycles. The molecule has 0 aromatic heterocycles. The highest BCUT2D eigenvalue weighted by atomic mass is 16.5. The third-order valence-corrected chi connectivity index (χ3v) is 2.50. The molecule has 2 N–H and O–H groups in total. The summed E-state index contributed by atoms with van der Waals surface area (Å²) in [7, 11) is 1.69. The Morgan fingerprint density at radius 2 is 1.79 bits per heavy atom. The smallest absolute Gasteiger partial charge is 0.118 e. The van der Waals surface area contributed by atoms with Gasteiger partial charge in [-0.25, -0.2) is 0 Å². The normalized spacial score (nSPS) is 18.1. The van der Waals surface area contributed by atoms with Crippen molar-refractivity contribution < 1.29 is 4.74 Å². The molecule has 0 amide bonds. The summed E-state index contributed by atoms with van der Waals surface area (Å²) in [5, 5.41) is 6.84. The van der Waals surface area contributed by atoms with Crippen LogP contribution >= 0.6 is 0 Å². The highest BCUT2D eigenvalue weighted by Crippen LogP contribution is 2.16. The maximum Gasteiger partial charge on any atom is 0.118 e. The Hall–Kier alpha value is -1.06. The summed E-state index contributed by atoms with van der Waals surface area (Å²) in [6, 6.07) is 8.17. The molecule has 1 fully saturated rings. The van der Waals surface area contributed by atoms with Crippen molar-refractivity contribution in [1.82, 2.24) is 10.6 Å². The Kier molecular flexibility index (Phi) is 3.01. The van der Waals surface area contributed by atoms with Crippen LogP contribution in [-0.4, -0.2) is 20.2 Å². The summed E-state index contributed by atoms with van der Waals surface area (Å²) in [5.41, 5.74) is 1.27. The van der Waals surface area contributed by atoms with Gasteiger partial charge in [-0.1, -0.05) is 12.1 Å². The van der Waals surface area contributed by atoms with Gasteiger partial charge in [-0.3, -0.25) is 10.6 Å². The summed E-state index contributed by atoms with van der Waals surface area (Å²) >= 11 is 0. The van der Waals surface area contributed by atoms with E-state index in [2.05, 4.69) is 22.8 Å². The van der Waals surface area contributed by atoms with Crippen molar-refractivity contribution in [2.75, 3.05) is 20.2 Å². The van der Waals surface area contributed by atoms with Crippen LogP contribution in [0.25, 0.3) is 0 Å². The summed E-state index contributed by atoms with van der Waals surface area (Å²) in [6.45, 7) is 2.17. The standard InChI is InChI=1S/C11H16N2O/c1-14-10-5-3-9(4-6-10)11-12-7-2-8-13-11/h3-6,11-13H,2,7-8H2,1H3. The molecule has 0 radical (unpaired) electrons. The minimum atomic E-state index is 0.301. The van der Waals surface area contributed by atoms with E-state index in [1.807, 2.05) is 12.1 Å². The second kappa shape index (κ2) is 4.44. The van der Waals surface area contributed by atoms with Crippen LogP contribution in [-0.2, 0) is 0 Å². The lowest BCUT2D eigenvalue weighted by Gasteiger charge is -2.25. The highest BCUT2D eigenvalue weighted by molar-refractivity contribution is 5.28. The van der Waals surface area contributed by atoms with Gasteiger partial charge in [-0.05, 0) is 37.2 Å². The molecule has 2 rings (SSSR count). The maximum atomic E-state index is 5.12. The molecule has 3 nitrogen and oxygen atoms in total. The van der Waals surface area contributed by atoms with Gasteiger partial charge in [0.1, 0.15) is 5.75 Å². The molecule has 1 aliphatic rings. The van der Waals surface area contributed by atoms with Crippen molar-refractivity contribution in [3.63, 3.8) is 0 Å². The van der Waals surface area contributed by atoms with Crippen LogP contribution in [0.5, 0.6) is 5.75 Å². The quantitative estimate of drug-likeness (QED) is 0.740. The Balaban J connectivity index is 2.07. The lowest BCUT2D eigenvalue weighted by molar-refractivity contribution is 0.378. The zero-order valence-electron chi connectivity index (χ0n) is 8.42. The van der Waals surface area contributed by atoms with E-state index in [-0.39, 0.29) is 0 Å². The van der Waals surface area contributed by atoms with Crippen molar-refractivity contribution in [1.29, 1.82) is 0 Å². The summed E-state index contributed by atoms with van der Waals surface area (Å²) in [5.74, 6) is 0.907. The van der Waals surface area contributed by atoms with Gasteiger partial charge in [0.05, 0.1) is 13.3 Å². The molecule has 1 aromatic rings. The molecule has 0 unspecified atom stereocenters. The molecule has 76 valence electrons. The van der Waals surface area contributed by atoms with Gasteiger partial charge in [-0.15, -0.1) is 0 Å². The lowest BCUT2D eigenvalue weighted by Crippen LogP contribution is -2.41. The van der Waals surface area contributed by atoms with E-state index in [0.29, 0.717) is 6.17 Å². The number of nitrogens with one attached hydrogen (secondary N) is 2. The van der Waals surface area contributed by atoms with Crippen LogP contribution in [0.1, 0.15) is 18.2 Å². The molecule has 0 aliphatic carbocycles. The number of hydrogen-bond acceptors (Lipinski definition) is 3. The topological polar surface area (TPSA) is 33.3 Å². The van der Waals surface area contributed by atoms with Gasteiger partial charge in [0.2, 0.25) is 0 Å². The van der Waals surface area contributed by atoms with E-state index in [9.17, 15) is 0 Å². The number of methoxy groups -OCH3 is 1. The van der Waals surface area contributed by atoms with Gasteiger partial charge in [0, 0.05) is 0 Å². The second-order valence-corrected chi connectivity index (χ2v) is 3.47. The van der Waals surface area contributed by atoms with Crippen LogP contribution in [0.3, 0.4) is 0 Å². The zero-order valence-corrected chi connectivity index (χ0v) is 8.42. The molecule has 1 heterocycles. The molecule has 0 atom stereocenters. The molecule has 0 bridgehead atoms. The largest absolute Gasteiger partial charge is 0.497 e. The first kappa shape index (κ1) is 9.49. The van der Waals surface area contributed by atoms with Crippen molar-refractivity contribution in [3.05, 3.63) is 29.8 Å². The minimum absolute atomic E-state index is 0.301. The summed E-state index contributed by atoms with van der Waals surface area (Å²) in [6.07, 6.45) is 1.50. The number of ether oxygens (including phenoxy) is 1. The first-order valence-electron chi connectivity index (χ1n) is 5.01. The van der Waals surface area contributed by atoms with Crippen LogP contribution in [0.4, 0.5) is 0 Å². The molecular weight excluding hydrogens is 176 g/mol. The van der Waals surface area contributed by atoms with Gasteiger partial charge in [0.25, 0.3) is 0 Å². The van der Waals surface area contributed by atoms with E-state index < -0.39 is 0 Å². The molecule has 1 saturated heterocycles. The molecular formula is C11H16N2O. The molecule has 3 heteroatoms. The van der Waals surface area contributed by atoms with Gasteiger partial charge >= 0.3 is 0 Å². The Morgan fingerprint density at radius 3 is 2.36 bits per heavy atom. The van der Waals surface area contributed by atoms with Crippen molar-refractivity contribution >= 4 is 0 Å². The van der Waals surface area contributed by atoms with Crippen LogP contribution in [0.2, 0.25) is 0 Å². The zero-order chi connectivity index (χ0) is 9.80. The SMILES string of the molecule is COc1ccc(C2NCCCN2)cc1. The molecule has 1 aliphatic heterocycles. The van der Waals surface area contributed by atoms with Crippen LogP contribution in [0.15, 0.2) is 24.3 Å². The fourth-order valence-corrected chi connectivity index (χ4v) is 1.69. The average molecular weight is 192 g/mol. The number of hydrogen-bond donors (Lipinski definition) is 2. The molecule has 14 heavy (non-hydrogen) atoms. The fourth-order valence-electron chi connectivity index (χ4n) is 1.69. The fraction of sp³-hybridized carbons (Fsp3) is 0.455. The highest BCUT2D eigenvalue weighted by Gasteiger charge is 2.12. The second-order valence-electron chi connectivity index (χ2n) is 3.47. The lowest BCUT2D eigenvalue weighted by atomic mass is 10.1. The molecule has 0 spiro atoms. The first-order valence-corrected chi connectivity index (χ1v) is 5.01. The molecule has 0 saturated carbocycles. The first-order chi connectivity index (χ1) is 6.90. The monoisotopic (exact) mass is 192 g/mol. The van der Waals surface area contributed by atoms with E-state index in [1.165, 1.54) is 12.0 Å². The van der Waals surface area contributed by atoms with Crippen molar-refractivity contribution in [3.8, 4) is 5.75 Å². The predicted molar refractivity (Wildman–Crippen MR) is 56.4 cm³/mol. The Bertz CT molecular complexity index is 278. The maximum absolute atomic E-state index is 5.12. The van der Waals surface area contributed by atoms with Gasteiger partial charge in [-0.2, -0.15) is 0 Å². The van der Waals surface area contributed by atoms with E-state index in [1.54, 1.807) is 7.11 Å². The van der Waals surface area contributed by atoms with Crippen molar-refractivity contribution in [2.45, 2.75) is 12.6 Å². The van der Waals surface area contributed by atoms with E-state index >= 15 is 0 Å². The van der Waals surface area contributed by atoms with Crippen molar-refractivity contribution in [2.24, 2.45) is 0 Å². The number of rotatable bonds is 2. The third kappa shape index (κ3) is 2.05. The number of benzene rings is 1. The summed E-state index contributed by atoms with van der Waals surface area (Å²) < 4.78 is 5.12. The van der Waals surface area contributed by atoms with Crippen LogP contribution in [0, 0.1) is 0 Å². The van der Waals surface area contributed by atoms with Crippen LogP contribution < -0.4 is 15.4 Å². The Labute approximate surface area is 84.5 Å². The van der Waals surface area contributed by atoms with E-state index in [4.69, 9.17) is 4.74 Å². The Morgan fingerprint density at radius 1 is 1.14 bits per heavy atom. The van der Waals surface area contributed by atoms with Gasteiger partial charge in [0.15, 0.2) is 0 Å². The van der Waals surface area contributed by atoms with Gasteiger partial charge < -0.3 is 4.74 Å². The van der Waals surface area contributed by atoms with E-state index in [0.717, 1.165) is 18.8 Å². The predicted octanol–water partition coefficient (Wildman–Crippen LogP) is 1.28. The summed E-state index contributed by atoms with van der Waals surface area (Å²) in [4.78, 5) is 0. The average Bonchev–Trinajstić information content (AvgIpc) is 2.30. The third-order valence-electron chi connectivity index (χ3n) is 2.50.